The molecule has 0 bridgehead atoms. The predicted octanol–water partition coefficient (Wildman–Crippen LogP) is 4.23. The molecule has 2 aromatic carbocycles. The van der Waals surface area contributed by atoms with Crippen molar-refractivity contribution in [3.05, 3.63) is 65.6 Å². The molecule has 0 amide bonds. The minimum Gasteiger partial charge on any atom is -0.341 e. The number of nitrogens with zero attached hydrogens (tertiary/aromatic N) is 3. The van der Waals surface area contributed by atoms with E-state index in [9.17, 15) is 4.39 Å². The number of rotatable bonds is 4. The van der Waals surface area contributed by atoms with Crippen molar-refractivity contribution in [2.45, 2.75) is 38.8 Å². The molecule has 140 valence electrons. The first kappa shape index (κ1) is 17.9. The van der Waals surface area contributed by atoms with Crippen molar-refractivity contribution in [3.8, 4) is 0 Å². The third kappa shape index (κ3) is 4.25. The molecule has 1 unspecified atom stereocenters. The summed E-state index contributed by atoms with van der Waals surface area (Å²) in [5, 5.41) is 4.48. The molecule has 1 fully saturated rings. The number of aryl methyl sites for hydroxylation is 1. The molecule has 5 heteroatoms. The van der Waals surface area contributed by atoms with Crippen molar-refractivity contribution in [3.63, 3.8) is 0 Å². The highest BCUT2D eigenvalue weighted by Gasteiger charge is 2.19. The first-order valence-electron chi connectivity index (χ1n) is 9.65. The van der Waals surface area contributed by atoms with E-state index in [1.54, 1.807) is 6.07 Å². The average molecular weight is 364 g/mol. The SMILES string of the molecule is Cc1nc(N2CCCC(NCc3ccccc3)CC2)nc2ccc(F)cc12. The van der Waals surface area contributed by atoms with Crippen molar-refractivity contribution in [1.29, 1.82) is 0 Å². The van der Waals surface area contributed by atoms with Gasteiger partial charge < -0.3 is 10.2 Å². The first-order chi connectivity index (χ1) is 13.2. The Morgan fingerprint density at radius 2 is 1.93 bits per heavy atom. The molecule has 3 aromatic rings. The number of hydrogen-bond acceptors (Lipinski definition) is 4. The Labute approximate surface area is 159 Å². The van der Waals surface area contributed by atoms with Crippen molar-refractivity contribution >= 4 is 16.9 Å². The molecule has 0 aliphatic carbocycles. The van der Waals surface area contributed by atoms with Crippen LogP contribution in [0.2, 0.25) is 0 Å². The van der Waals surface area contributed by atoms with Gasteiger partial charge in [-0.15, -0.1) is 0 Å². The zero-order chi connectivity index (χ0) is 18.6. The maximum Gasteiger partial charge on any atom is 0.226 e. The maximum atomic E-state index is 13.5. The highest BCUT2D eigenvalue weighted by Crippen LogP contribution is 2.22. The van der Waals surface area contributed by atoms with E-state index in [0.29, 0.717) is 6.04 Å². The summed E-state index contributed by atoms with van der Waals surface area (Å²) >= 11 is 0. The molecule has 0 radical (unpaired) electrons. The molecule has 0 spiro atoms. The number of aromatic nitrogens is 2. The van der Waals surface area contributed by atoms with Gasteiger partial charge in [-0.3, -0.25) is 0 Å². The van der Waals surface area contributed by atoms with Gasteiger partial charge in [-0.1, -0.05) is 30.3 Å². The molecule has 1 N–H and O–H groups in total. The second-order valence-electron chi connectivity index (χ2n) is 7.25. The second kappa shape index (κ2) is 8.01. The Morgan fingerprint density at radius 3 is 2.78 bits per heavy atom. The average Bonchev–Trinajstić information content (AvgIpc) is 2.93. The highest BCUT2D eigenvalue weighted by molar-refractivity contribution is 5.81. The lowest BCUT2D eigenvalue weighted by Crippen LogP contribution is -2.31. The smallest absolute Gasteiger partial charge is 0.226 e. The monoisotopic (exact) mass is 364 g/mol. The summed E-state index contributed by atoms with van der Waals surface area (Å²) in [4.78, 5) is 11.6. The molecule has 1 atom stereocenters. The minimum absolute atomic E-state index is 0.246. The van der Waals surface area contributed by atoms with Gasteiger partial charge in [-0.2, -0.15) is 0 Å². The third-order valence-electron chi connectivity index (χ3n) is 5.29. The van der Waals surface area contributed by atoms with Crippen LogP contribution >= 0.6 is 0 Å². The van der Waals surface area contributed by atoms with E-state index < -0.39 is 0 Å². The Bertz CT molecular complexity index is 913. The standard InChI is InChI=1S/C22H25FN4/c1-16-20-14-18(23)9-10-21(20)26-22(25-16)27-12-5-8-19(11-13-27)24-15-17-6-3-2-4-7-17/h2-4,6-7,9-10,14,19,24H,5,8,11-13,15H2,1H3. The number of benzene rings is 2. The summed E-state index contributed by atoms with van der Waals surface area (Å²) < 4.78 is 13.5. The quantitative estimate of drug-likeness (QED) is 0.752. The lowest BCUT2D eigenvalue weighted by molar-refractivity contribution is 0.470. The minimum atomic E-state index is -0.246. The van der Waals surface area contributed by atoms with Gasteiger partial charge in [0.25, 0.3) is 0 Å². The zero-order valence-corrected chi connectivity index (χ0v) is 15.7. The fourth-order valence-electron chi connectivity index (χ4n) is 3.74. The third-order valence-corrected chi connectivity index (χ3v) is 5.29. The van der Waals surface area contributed by atoms with Crippen LogP contribution in [0.15, 0.2) is 48.5 Å². The molecule has 4 nitrogen and oxygen atoms in total. The van der Waals surface area contributed by atoms with Crippen LogP contribution in [0.5, 0.6) is 0 Å². The molecule has 4 rings (SSSR count). The van der Waals surface area contributed by atoms with Gasteiger partial charge in [0.2, 0.25) is 5.95 Å². The van der Waals surface area contributed by atoms with E-state index in [-0.39, 0.29) is 5.82 Å². The predicted molar refractivity (Wildman–Crippen MR) is 107 cm³/mol. The van der Waals surface area contributed by atoms with E-state index in [4.69, 9.17) is 0 Å². The Kier molecular flexibility index (Phi) is 5.30. The van der Waals surface area contributed by atoms with Crippen LogP contribution in [0.1, 0.15) is 30.5 Å². The van der Waals surface area contributed by atoms with Crippen LogP contribution in [-0.2, 0) is 6.54 Å². The molecule has 1 aromatic heterocycles. The molecule has 27 heavy (non-hydrogen) atoms. The van der Waals surface area contributed by atoms with Crippen LogP contribution in [0.3, 0.4) is 0 Å². The van der Waals surface area contributed by atoms with Gasteiger partial charge in [0, 0.05) is 31.1 Å². The van der Waals surface area contributed by atoms with Crippen molar-refractivity contribution in [2.24, 2.45) is 0 Å². The van der Waals surface area contributed by atoms with E-state index in [1.165, 1.54) is 17.7 Å². The Hall–Kier alpha value is -2.53. The summed E-state index contributed by atoms with van der Waals surface area (Å²) in [5.41, 5.74) is 2.96. The normalized spacial score (nSPS) is 17.9. The van der Waals surface area contributed by atoms with Crippen molar-refractivity contribution in [1.82, 2.24) is 15.3 Å². The summed E-state index contributed by atoms with van der Waals surface area (Å²) in [6, 6.07) is 15.7. The first-order valence-corrected chi connectivity index (χ1v) is 9.65. The Morgan fingerprint density at radius 1 is 1.07 bits per heavy atom. The molecule has 1 saturated heterocycles. The topological polar surface area (TPSA) is 41.1 Å². The lowest BCUT2D eigenvalue weighted by atomic mass is 10.1. The number of hydrogen-bond donors (Lipinski definition) is 1. The zero-order valence-electron chi connectivity index (χ0n) is 15.7. The molecule has 0 saturated carbocycles. The van der Waals surface area contributed by atoms with Crippen molar-refractivity contribution in [2.75, 3.05) is 18.0 Å². The van der Waals surface area contributed by atoms with E-state index >= 15 is 0 Å². The molecule has 1 aliphatic rings. The van der Waals surface area contributed by atoms with Crippen LogP contribution in [0, 0.1) is 12.7 Å². The van der Waals surface area contributed by atoms with E-state index in [2.05, 4.69) is 44.5 Å². The van der Waals surface area contributed by atoms with E-state index in [0.717, 1.165) is 61.4 Å². The fourth-order valence-corrected chi connectivity index (χ4v) is 3.74. The van der Waals surface area contributed by atoms with Crippen molar-refractivity contribution < 1.29 is 4.39 Å². The maximum absolute atomic E-state index is 13.5. The van der Waals surface area contributed by atoms with Crippen LogP contribution in [0.25, 0.3) is 10.9 Å². The second-order valence-corrected chi connectivity index (χ2v) is 7.25. The van der Waals surface area contributed by atoms with E-state index in [1.807, 2.05) is 13.0 Å². The van der Waals surface area contributed by atoms with Crippen LogP contribution in [-0.4, -0.2) is 29.1 Å². The van der Waals surface area contributed by atoms with Gasteiger partial charge in [0.15, 0.2) is 0 Å². The summed E-state index contributed by atoms with van der Waals surface area (Å²) in [6.45, 7) is 4.71. The number of halogens is 1. The van der Waals surface area contributed by atoms with Gasteiger partial charge in [-0.25, -0.2) is 14.4 Å². The Balaban J connectivity index is 1.43. The van der Waals surface area contributed by atoms with Gasteiger partial charge in [-0.05, 0) is 49.9 Å². The van der Waals surface area contributed by atoms with Crippen LogP contribution < -0.4 is 10.2 Å². The summed E-state index contributed by atoms with van der Waals surface area (Å²) in [7, 11) is 0. The largest absolute Gasteiger partial charge is 0.341 e. The molecular formula is C22H25FN4. The molecule has 2 heterocycles. The summed E-state index contributed by atoms with van der Waals surface area (Å²) in [5.74, 6) is 0.513. The highest BCUT2D eigenvalue weighted by atomic mass is 19.1. The van der Waals surface area contributed by atoms with Gasteiger partial charge in [0.1, 0.15) is 5.82 Å². The lowest BCUT2D eigenvalue weighted by Gasteiger charge is -2.21. The summed E-state index contributed by atoms with van der Waals surface area (Å²) in [6.07, 6.45) is 3.33. The fraction of sp³-hybridized carbons (Fsp3) is 0.364. The number of anilines is 1. The molecule has 1 aliphatic heterocycles. The molecular weight excluding hydrogens is 339 g/mol. The number of fused-ring (bicyclic) bond motifs is 1. The van der Waals surface area contributed by atoms with Gasteiger partial charge in [0.05, 0.1) is 11.2 Å². The number of nitrogens with one attached hydrogen (secondary N) is 1. The van der Waals surface area contributed by atoms with Crippen LogP contribution in [0.4, 0.5) is 10.3 Å². The van der Waals surface area contributed by atoms with Gasteiger partial charge >= 0.3 is 0 Å².